The van der Waals surface area contributed by atoms with Crippen LogP contribution in [0.1, 0.15) is 28.4 Å². The zero-order valence-electron chi connectivity index (χ0n) is 8.64. The maximum atomic E-state index is 11.7. The molecule has 15 heavy (non-hydrogen) atoms. The van der Waals surface area contributed by atoms with Crippen molar-refractivity contribution >= 4 is 37.8 Å². The van der Waals surface area contributed by atoms with Gasteiger partial charge in [-0.1, -0.05) is 28.1 Å². The lowest BCUT2D eigenvalue weighted by atomic mass is 10.1. The van der Waals surface area contributed by atoms with E-state index in [4.69, 9.17) is 4.74 Å². The van der Waals surface area contributed by atoms with Gasteiger partial charge in [0.15, 0.2) is 0 Å². The molecule has 0 radical (unpaired) electrons. The highest BCUT2D eigenvalue weighted by molar-refractivity contribution is 9.10. The average molecular weight is 336 g/mol. The number of rotatable bonds is 3. The number of hydrogen-bond acceptors (Lipinski definition) is 2. The summed E-state index contributed by atoms with van der Waals surface area (Å²) < 4.78 is 5.83. The second-order valence-electron chi connectivity index (χ2n) is 3.08. The van der Waals surface area contributed by atoms with Crippen LogP contribution in [0.2, 0.25) is 0 Å². The number of alkyl halides is 1. The molecule has 0 fully saturated rings. The molecule has 0 atom stereocenters. The van der Waals surface area contributed by atoms with E-state index in [1.54, 1.807) is 6.92 Å². The van der Waals surface area contributed by atoms with E-state index in [1.807, 2.05) is 19.1 Å². The van der Waals surface area contributed by atoms with Gasteiger partial charge in [-0.2, -0.15) is 0 Å². The number of carbonyl (C=O) groups is 1. The third-order valence-electron chi connectivity index (χ3n) is 2.04. The average Bonchev–Trinajstić information content (AvgIpc) is 2.22. The fraction of sp³-hybridized carbons (Fsp3) is 0.364. The topological polar surface area (TPSA) is 26.3 Å². The monoisotopic (exact) mass is 334 g/mol. The lowest BCUT2D eigenvalue weighted by molar-refractivity contribution is 0.0524. The Morgan fingerprint density at radius 1 is 1.47 bits per heavy atom. The van der Waals surface area contributed by atoms with E-state index in [-0.39, 0.29) is 5.97 Å². The second-order valence-corrected chi connectivity index (χ2v) is 4.44. The Bertz CT molecular complexity index is 375. The third-order valence-corrected chi connectivity index (χ3v) is 3.67. The molecule has 0 N–H and O–H groups in total. The smallest absolute Gasteiger partial charge is 0.339 e. The van der Waals surface area contributed by atoms with Crippen molar-refractivity contribution in [3.8, 4) is 0 Å². The van der Waals surface area contributed by atoms with E-state index in [0.717, 1.165) is 15.6 Å². The van der Waals surface area contributed by atoms with Crippen molar-refractivity contribution in [2.75, 3.05) is 6.61 Å². The molecule has 1 aromatic rings. The first-order valence-electron chi connectivity index (χ1n) is 4.62. The van der Waals surface area contributed by atoms with Crippen molar-refractivity contribution in [3.05, 3.63) is 33.3 Å². The quantitative estimate of drug-likeness (QED) is 0.620. The molecule has 0 aromatic heterocycles. The number of halogens is 2. The van der Waals surface area contributed by atoms with Gasteiger partial charge in [-0.15, -0.1) is 0 Å². The van der Waals surface area contributed by atoms with Crippen LogP contribution >= 0.6 is 31.9 Å². The summed E-state index contributed by atoms with van der Waals surface area (Å²) in [5.41, 5.74) is 2.59. The highest BCUT2D eigenvalue weighted by Crippen LogP contribution is 2.27. The molecule has 0 saturated carbocycles. The molecule has 0 aliphatic heterocycles. The minimum atomic E-state index is -0.275. The van der Waals surface area contributed by atoms with E-state index in [2.05, 4.69) is 31.9 Å². The van der Waals surface area contributed by atoms with Crippen LogP contribution in [0.15, 0.2) is 16.6 Å². The molecule has 0 unspecified atom stereocenters. The number of ether oxygens (including phenoxy) is 1. The van der Waals surface area contributed by atoms with Gasteiger partial charge in [-0.25, -0.2) is 4.79 Å². The van der Waals surface area contributed by atoms with Gasteiger partial charge in [0.2, 0.25) is 0 Å². The molecule has 4 heteroatoms. The summed E-state index contributed by atoms with van der Waals surface area (Å²) in [7, 11) is 0. The van der Waals surface area contributed by atoms with E-state index < -0.39 is 0 Å². The molecule has 82 valence electrons. The first-order valence-corrected chi connectivity index (χ1v) is 6.54. The molecule has 0 aliphatic carbocycles. The molecular weight excluding hydrogens is 324 g/mol. The zero-order chi connectivity index (χ0) is 11.4. The van der Waals surface area contributed by atoms with E-state index in [1.165, 1.54) is 0 Å². The molecule has 0 amide bonds. The molecular formula is C11H12Br2O2. The lowest BCUT2D eigenvalue weighted by Gasteiger charge is -2.10. The summed E-state index contributed by atoms with van der Waals surface area (Å²) in [6.45, 7) is 4.14. The normalized spacial score (nSPS) is 10.1. The van der Waals surface area contributed by atoms with Crippen LogP contribution in [-0.2, 0) is 10.1 Å². The van der Waals surface area contributed by atoms with Gasteiger partial charge in [0.05, 0.1) is 12.2 Å². The Morgan fingerprint density at radius 3 is 2.67 bits per heavy atom. The minimum Gasteiger partial charge on any atom is -0.462 e. The number of carbonyl (C=O) groups excluding carboxylic acids is 1. The van der Waals surface area contributed by atoms with Crippen LogP contribution in [-0.4, -0.2) is 12.6 Å². The summed E-state index contributed by atoms with van der Waals surface area (Å²) in [6, 6.07) is 3.91. The van der Waals surface area contributed by atoms with Crippen molar-refractivity contribution in [2.24, 2.45) is 0 Å². The van der Waals surface area contributed by atoms with Gasteiger partial charge in [0.1, 0.15) is 0 Å². The highest BCUT2D eigenvalue weighted by Gasteiger charge is 2.17. The number of aryl methyl sites for hydroxylation is 1. The molecule has 0 bridgehead atoms. The number of hydrogen-bond donors (Lipinski definition) is 0. The van der Waals surface area contributed by atoms with Crippen molar-refractivity contribution in [1.29, 1.82) is 0 Å². The van der Waals surface area contributed by atoms with E-state index in [0.29, 0.717) is 17.5 Å². The molecule has 2 nitrogen and oxygen atoms in total. The Labute approximate surface area is 106 Å². The SMILES string of the molecule is CCOC(=O)c1c(CBr)ccc(C)c1Br. The van der Waals surface area contributed by atoms with Gasteiger partial charge in [0.25, 0.3) is 0 Å². The molecule has 0 heterocycles. The Hall–Kier alpha value is -0.350. The van der Waals surface area contributed by atoms with Gasteiger partial charge in [-0.05, 0) is 40.9 Å². The highest BCUT2D eigenvalue weighted by atomic mass is 79.9. The lowest BCUT2D eigenvalue weighted by Crippen LogP contribution is -2.09. The Balaban J connectivity index is 3.23. The standard InChI is InChI=1S/C11H12Br2O2/c1-3-15-11(14)9-8(6-12)5-4-7(2)10(9)13/h4-5H,3,6H2,1-2H3. The third kappa shape index (κ3) is 2.82. The van der Waals surface area contributed by atoms with Crippen LogP contribution < -0.4 is 0 Å². The molecule has 0 aliphatic rings. The number of esters is 1. The number of benzene rings is 1. The summed E-state index contributed by atoms with van der Waals surface area (Å²) in [6.07, 6.45) is 0. The Kier molecular flexibility index (Phi) is 4.80. The predicted octanol–water partition coefficient (Wildman–Crippen LogP) is 3.83. The first kappa shape index (κ1) is 12.7. The maximum absolute atomic E-state index is 11.7. The van der Waals surface area contributed by atoms with Crippen molar-refractivity contribution < 1.29 is 9.53 Å². The van der Waals surface area contributed by atoms with E-state index >= 15 is 0 Å². The predicted molar refractivity (Wildman–Crippen MR) is 67.5 cm³/mol. The first-order chi connectivity index (χ1) is 7.11. The van der Waals surface area contributed by atoms with Crippen LogP contribution in [0.5, 0.6) is 0 Å². The largest absolute Gasteiger partial charge is 0.462 e. The Morgan fingerprint density at radius 2 is 2.13 bits per heavy atom. The van der Waals surface area contributed by atoms with Crippen LogP contribution in [0.4, 0.5) is 0 Å². The van der Waals surface area contributed by atoms with Gasteiger partial charge in [0, 0.05) is 9.80 Å². The van der Waals surface area contributed by atoms with Crippen molar-refractivity contribution in [1.82, 2.24) is 0 Å². The molecule has 0 spiro atoms. The molecule has 0 saturated heterocycles. The van der Waals surface area contributed by atoms with Crippen LogP contribution in [0, 0.1) is 6.92 Å². The van der Waals surface area contributed by atoms with Gasteiger partial charge >= 0.3 is 5.97 Å². The molecule has 1 rings (SSSR count). The summed E-state index contributed by atoms with van der Waals surface area (Å²) in [4.78, 5) is 11.7. The van der Waals surface area contributed by atoms with Gasteiger partial charge < -0.3 is 4.74 Å². The molecule has 1 aromatic carbocycles. The second kappa shape index (κ2) is 5.66. The zero-order valence-corrected chi connectivity index (χ0v) is 11.8. The van der Waals surface area contributed by atoms with Crippen molar-refractivity contribution in [3.63, 3.8) is 0 Å². The van der Waals surface area contributed by atoms with E-state index in [9.17, 15) is 4.79 Å². The summed E-state index contributed by atoms with van der Waals surface area (Å²) in [5.74, 6) is -0.275. The minimum absolute atomic E-state index is 0.275. The van der Waals surface area contributed by atoms with Gasteiger partial charge in [-0.3, -0.25) is 0 Å². The van der Waals surface area contributed by atoms with Crippen LogP contribution in [0.25, 0.3) is 0 Å². The fourth-order valence-corrected chi connectivity index (χ4v) is 2.27. The summed E-state index contributed by atoms with van der Waals surface area (Å²) >= 11 is 6.78. The van der Waals surface area contributed by atoms with Crippen molar-refractivity contribution in [2.45, 2.75) is 19.2 Å². The fourth-order valence-electron chi connectivity index (χ4n) is 1.26. The van der Waals surface area contributed by atoms with Crippen LogP contribution in [0.3, 0.4) is 0 Å². The summed E-state index contributed by atoms with van der Waals surface area (Å²) in [5, 5.41) is 0.639. The maximum Gasteiger partial charge on any atom is 0.339 e.